The first-order chi connectivity index (χ1) is 4.97. The molecule has 66 valence electrons. The third-order valence-electron chi connectivity index (χ3n) is 2.97. The van der Waals surface area contributed by atoms with Crippen LogP contribution in [0.15, 0.2) is 0 Å². The third-order valence-corrected chi connectivity index (χ3v) is 2.97. The van der Waals surface area contributed by atoms with Gasteiger partial charge in [0.25, 0.3) is 0 Å². The Morgan fingerprint density at radius 3 is 2.00 bits per heavy atom. The zero-order valence-corrected chi connectivity index (χ0v) is 7.98. The Bertz CT molecular complexity index is 123. The second kappa shape index (κ2) is 2.78. The van der Waals surface area contributed by atoms with E-state index in [0.29, 0.717) is 5.41 Å². The Balaban J connectivity index is 2.45. The molecule has 0 atom stereocenters. The van der Waals surface area contributed by atoms with Gasteiger partial charge in [0.15, 0.2) is 0 Å². The molecule has 0 heterocycles. The molecule has 1 rings (SSSR count). The third kappa shape index (κ3) is 2.19. The minimum Gasteiger partial charge on any atom is -0.390 e. The van der Waals surface area contributed by atoms with E-state index in [0.717, 1.165) is 6.42 Å². The van der Waals surface area contributed by atoms with Gasteiger partial charge in [-0.25, -0.2) is 0 Å². The Morgan fingerprint density at radius 2 is 1.91 bits per heavy atom. The summed E-state index contributed by atoms with van der Waals surface area (Å²) in [4.78, 5) is 0. The van der Waals surface area contributed by atoms with Crippen molar-refractivity contribution < 1.29 is 5.11 Å². The molecular formula is C10H20O. The molecule has 11 heavy (non-hydrogen) atoms. The summed E-state index contributed by atoms with van der Waals surface area (Å²) in [7, 11) is 0. The zero-order chi connectivity index (χ0) is 8.54. The van der Waals surface area contributed by atoms with Crippen molar-refractivity contribution in [3.8, 4) is 0 Å². The molecule has 1 aliphatic carbocycles. The molecule has 0 radical (unpaired) electrons. The van der Waals surface area contributed by atoms with E-state index in [1.165, 1.54) is 25.7 Å². The van der Waals surface area contributed by atoms with E-state index >= 15 is 0 Å². The van der Waals surface area contributed by atoms with E-state index in [1.54, 1.807) is 0 Å². The van der Waals surface area contributed by atoms with E-state index in [9.17, 15) is 5.11 Å². The van der Waals surface area contributed by atoms with Gasteiger partial charge in [-0.3, -0.25) is 0 Å². The monoisotopic (exact) mass is 156 g/mol. The second-order valence-corrected chi connectivity index (χ2v) is 4.70. The first-order valence-electron chi connectivity index (χ1n) is 4.70. The van der Waals surface area contributed by atoms with E-state index < -0.39 is 5.60 Å². The van der Waals surface area contributed by atoms with E-state index in [2.05, 4.69) is 6.92 Å². The molecule has 1 saturated carbocycles. The average Bonchev–Trinajstić information content (AvgIpc) is 1.77. The highest BCUT2D eigenvalue weighted by Crippen LogP contribution is 2.49. The quantitative estimate of drug-likeness (QED) is 0.666. The summed E-state index contributed by atoms with van der Waals surface area (Å²) in [5.41, 5.74) is 0.0364. The smallest absolute Gasteiger partial charge is 0.0597 e. The molecule has 0 aromatic carbocycles. The maximum Gasteiger partial charge on any atom is 0.0597 e. The van der Waals surface area contributed by atoms with Crippen molar-refractivity contribution in [1.82, 2.24) is 0 Å². The summed E-state index contributed by atoms with van der Waals surface area (Å²) in [6.45, 7) is 6.08. The van der Waals surface area contributed by atoms with Crippen molar-refractivity contribution in [1.29, 1.82) is 0 Å². The number of rotatable bonds is 3. The van der Waals surface area contributed by atoms with Gasteiger partial charge in [-0.1, -0.05) is 19.8 Å². The van der Waals surface area contributed by atoms with Gasteiger partial charge in [0.05, 0.1) is 5.60 Å². The summed E-state index contributed by atoms with van der Waals surface area (Å²) < 4.78 is 0. The lowest BCUT2D eigenvalue weighted by atomic mass is 9.62. The first-order valence-corrected chi connectivity index (χ1v) is 4.70. The molecule has 0 aromatic rings. The lowest BCUT2D eigenvalue weighted by Crippen LogP contribution is -2.36. The molecule has 1 aliphatic rings. The summed E-state index contributed by atoms with van der Waals surface area (Å²) >= 11 is 0. The molecule has 1 heteroatoms. The standard InChI is InChI=1S/C10H20O/c1-4-10(6-5-7-10)8-9(2,3)11/h11H,4-8H2,1-3H3. The van der Waals surface area contributed by atoms with Crippen molar-refractivity contribution in [2.24, 2.45) is 5.41 Å². The minimum atomic E-state index is -0.462. The molecule has 0 aromatic heterocycles. The summed E-state index contributed by atoms with van der Waals surface area (Å²) in [6.07, 6.45) is 6.23. The maximum absolute atomic E-state index is 9.65. The lowest BCUT2D eigenvalue weighted by molar-refractivity contribution is -0.0160. The van der Waals surface area contributed by atoms with Crippen LogP contribution < -0.4 is 0 Å². The van der Waals surface area contributed by atoms with Crippen molar-refractivity contribution in [2.45, 2.75) is 58.5 Å². The van der Waals surface area contributed by atoms with Crippen molar-refractivity contribution in [3.05, 3.63) is 0 Å². The van der Waals surface area contributed by atoms with Gasteiger partial charge in [0, 0.05) is 0 Å². The SMILES string of the molecule is CCC1(CC(C)(C)O)CCC1. The Morgan fingerprint density at radius 1 is 1.36 bits per heavy atom. The molecule has 1 nitrogen and oxygen atoms in total. The summed E-state index contributed by atoms with van der Waals surface area (Å²) in [5.74, 6) is 0. The molecule has 0 aliphatic heterocycles. The Labute approximate surface area is 69.8 Å². The summed E-state index contributed by atoms with van der Waals surface area (Å²) in [5, 5.41) is 9.65. The number of aliphatic hydroxyl groups is 1. The number of hydrogen-bond acceptors (Lipinski definition) is 1. The highest BCUT2D eigenvalue weighted by molar-refractivity contribution is 4.90. The number of hydrogen-bond donors (Lipinski definition) is 1. The van der Waals surface area contributed by atoms with Gasteiger partial charge in [0.2, 0.25) is 0 Å². The van der Waals surface area contributed by atoms with Crippen LogP contribution in [0.1, 0.15) is 52.9 Å². The fourth-order valence-electron chi connectivity index (χ4n) is 2.25. The molecule has 0 spiro atoms. The zero-order valence-electron chi connectivity index (χ0n) is 7.98. The van der Waals surface area contributed by atoms with Crippen molar-refractivity contribution >= 4 is 0 Å². The van der Waals surface area contributed by atoms with E-state index in [4.69, 9.17) is 0 Å². The average molecular weight is 156 g/mol. The topological polar surface area (TPSA) is 20.2 Å². The summed E-state index contributed by atoms with van der Waals surface area (Å²) in [6, 6.07) is 0. The van der Waals surface area contributed by atoms with Crippen LogP contribution in [0.4, 0.5) is 0 Å². The van der Waals surface area contributed by atoms with Crippen LogP contribution in [0.5, 0.6) is 0 Å². The molecule has 0 unspecified atom stereocenters. The minimum absolute atomic E-state index is 0.462. The van der Waals surface area contributed by atoms with Gasteiger partial charge < -0.3 is 5.11 Å². The van der Waals surface area contributed by atoms with Gasteiger partial charge in [-0.05, 0) is 38.5 Å². The van der Waals surface area contributed by atoms with Crippen molar-refractivity contribution in [2.75, 3.05) is 0 Å². The molecule has 0 saturated heterocycles. The molecule has 0 bridgehead atoms. The highest BCUT2D eigenvalue weighted by atomic mass is 16.3. The first kappa shape index (κ1) is 9.05. The van der Waals surface area contributed by atoms with Crippen LogP contribution in [0.3, 0.4) is 0 Å². The molecule has 1 N–H and O–H groups in total. The van der Waals surface area contributed by atoms with Crippen LogP contribution in [-0.2, 0) is 0 Å². The Hall–Kier alpha value is -0.0400. The highest BCUT2D eigenvalue weighted by Gasteiger charge is 2.38. The fourth-order valence-corrected chi connectivity index (χ4v) is 2.25. The molecule has 0 amide bonds. The largest absolute Gasteiger partial charge is 0.390 e. The van der Waals surface area contributed by atoms with Crippen LogP contribution in [0.25, 0.3) is 0 Å². The van der Waals surface area contributed by atoms with Gasteiger partial charge >= 0.3 is 0 Å². The maximum atomic E-state index is 9.65. The second-order valence-electron chi connectivity index (χ2n) is 4.70. The van der Waals surface area contributed by atoms with E-state index in [-0.39, 0.29) is 0 Å². The van der Waals surface area contributed by atoms with E-state index in [1.807, 2.05) is 13.8 Å². The lowest BCUT2D eigenvalue weighted by Gasteiger charge is -2.44. The van der Waals surface area contributed by atoms with Crippen LogP contribution in [0, 0.1) is 5.41 Å². The van der Waals surface area contributed by atoms with Crippen molar-refractivity contribution in [3.63, 3.8) is 0 Å². The normalized spacial score (nSPS) is 22.9. The predicted octanol–water partition coefficient (Wildman–Crippen LogP) is 2.73. The van der Waals surface area contributed by atoms with Crippen LogP contribution in [0.2, 0.25) is 0 Å². The molecular weight excluding hydrogens is 136 g/mol. The van der Waals surface area contributed by atoms with Crippen LogP contribution >= 0.6 is 0 Å². The fraction of sp³-hybridized carbons (Fsp3) is 1.00. The Kier molecular flexibility index (Phi) is 2.29. The van der Waals surface area contributed by atoms with Gasteiger partial charge in [0.1, 0.15) is 0 Å². The van der Waals surface area contributed by atoms with Gasteiger partial charge in [-0.2, -0.15) is 0 Å². The predicted molar refractivity (Wildman–Crippen MR) is 47.5 cm³/mol. The molecule has 1 fully saturated rings. The van der Waals surface area contributed by atoms with Crippen LogP contribution in [-0.4, -0.2) is 10.7 Å². The van der Waals surface area contributed by atoms with Gasteiger partial charge in [-0.15, -0.1) is 0 Å².